The molecule has 0 aromatic carbocycles. The summed E-state index contributed by atoms with van der Waals surface area (Å²) in [7, 11) is 0. The van der Waals surface area contributed by atoms with Gasteiger partial charge in [-0.3, -0.25) is 9.59 Å². The molecule has 0 rings (SSSR count). The molecule has 0 saturated carbocycles. The predicted octanol–water partition coefficient (Wildman–Crippen LogP) is -0.420. The molecule has 0 radical (unpaired) electrons. The molecule has 2 amide bonds. The van der Waals surface area contributed by atoms with Gasteiger partial charge in [0.15, 0.2) is 0 Å². The topological polar surface area (TPSA) is 84.5 Å². The van der Waals surface area contributed by atoms with Crippen molar-refractivity contribution >= 4 is 17.8 Å². The molecular weight excluding hydrogens is 212 g/mol. The second-order valence-electron chi connectivity index (χ2n) is 4.20. The van der Waals surface area contributed by atoms with Crippen LogP contribution in [0.5, 0.6) is 0 Å². The van der Waals surface area contributed by atoms with E-state index < -0.39 is 11.9 Å². The Hall–Kier alpha value is -1.59. The van der Waals surface area contributed by atoms with Gasteiger partial charge in [0.05, 0.1) is 13.2 Å². The number of esters is 1. The van der Waals surface area contributed by atoms with E-state index in [2.05, 4.69) is 15.4 Å². The zero-order chi connectivity index (χ0) is 12.8. The normalized spacial score (nSPS) is 10.5. The lowest BCUT2D eigenvalue weighted by Gasteiger charge is -2.20. The molecule has 0 fully saturated rings. The van der Waals surface area contributed by atoms with Gasteiger partial charge >= 0.3 is 11.9 Å². The Morgan fingerprint density at radius 3 is 2.19 bits per heavy atom. The number of carbonyl (C=O) groups is 3. The van der Waals surface area contributed by atoms with Crippen LogP contribution in [-0.4, -0.2) is 36.5 Å². The Morgan fingerprint density at radius 2 is 1.75 bits per heavy atom. The van der Waals surface area contributed by atoms with Crippen molar-refractivity contribution in [2.24, 2.45) is 0 Å². The fourth-order valence-corrected chi connectivity index (χ4v) is 0.892. The van der Waals surface area contributed by atoms with Gasteiger partial charge in [0.25, 0.3) is 0 Å². The zero-order valence-electron chi connectivity index (χ0n) is 10.0. The van der Waals surface area contributed by atoms with Crippen molar-refractivity contribution < 1.29 is 19.1 Å². The summed E-state index contributed by atoms with van der Waals surface area (Å²) < 4.78 is 4.45. The average molecular weight is 230 g/mol. The van der Waals surface area contributed by atoms with E-state index in [1.807, 2.05) is 20.8 Å². The van der Waals surface area contributed by atoms with E-state index in [4.69, 9.17) is 0 Å². The molecule has 2 N–H and O–H groups in total. The van der Waals surface area contributed by atoms with Crippen molar-refractivity contribution in [2.45, 2.75) is 33.2 Å². The van der Waals surface area contributed by atoms with Crippen LogP contribution < -0.4 is 10.6 Å². The van der Waals surface area contributed by atoms with Crippen LogP contribution >= 0.6 is 0 Å². The fourth-order valence-electron chi connectivity index (χ4n) is 0.892. The molecule has 0 atom stereocenters. The summed E-state index contributed by atoms with van der Waals surface area (Å²) >= 11 is 0. The maximum absolute atomic E-state index is 11.3. The predicted molar refractivity (Wildman–Crippen MR) is 57.5 cm³/mol. The highest BCUT2D eigenvalue weighted by Crippen LogP contribution is 1.97. The first-order valence-electron chi connectivity index (χ1n) is 5.02. The molecule has 92 valence electrons. The van der Waals surface area contributed by atoms with E-state index in [9.17, 15) is 14.4 Å². The highest BCUT2D eigenvalue weighted by atomic mass is 16.5. The highest BCUT2D eigenvalue weighted by molar-refractivity contribution is 6.32. The summed E-state index contributed by atoms with van der Waals surface area (Å²) in [5.74, 6) is -2.25. The third-order valence-electron chi connectivity index (χ3n) is 1.38. The molecule has 0 spiro atoms. The highest BCUT2D eigenvalue weighted by Gasteiger charge is 2.17. The molecule has 0 aromatic rings. The maximum Gasteiger partial charge on any atom is 0.396 e. The van der Waals surface area contributed by atoms with Gasteiger partial charge in [-0.15, -0.1) is 0 Å². The van der Waals surface area contributed by atoms with Crippen LogP contribution in [0.2, 0.25) is 0 Å². The molecular formula is C10H18N2O4. The molecule has 0 bridgehead atoms. The summed E-state index contributed by atoms with van der Waals surface area (Å²) in [6.07, 6.45) is 0. The third kappa shape index (κ3) is 6.80. The molecule has 0 aromatic heterocycles. The summed E-state index contributed by atoms with van der Waals surface area (Å²) in [6.45, 7) is 6.93. The molecule has 16 heavy (non-hydrogen) atoms. The van der Waals surface area contributed by atoms with Crippen molar-refractivity contribution in [3.8, 4) is 0 Å². The minimum absolute atomic E-state index is 0.125. The second kappa shape index (κ2) is 6.09. The largest absolute Gasteiger partial charge is 0.459 e. The Bertz CT molecular complexity index is 281. The minimum atomic E-state index is -0.981. The van der Waals surface area contributed by atoms with Gasteiger partial charge in [-0.1, -0.05) is 0 Å². The number of hydrogen-bond donors (Lipinski definition) is 2. The number of carbonyl (C=O) groups excluding carboxylic acids is 3. The average Bonchev–Trinajstić information content (AvgIpc) is 2.11. The zero-order valence-corrected chi connectivity index (χ0v) is 10.0. The maximum atomic E-state index is 11.3. The number of nitrogens with one attached hydrogen (secondary N) is 2. The quantitative estimate of drug-likeness (QED) is 0.509. The SMILES string of the molecule is CCOC(=O)C(=O)NCC(=O)NC(C)(C)C. The lowest BCUT2D eigenvalue weighted by Crippen LogP contribution is -2.47. The van der Waals surface area contributed by atoms with E-state index in [1.165, 1.54) is 0 Å². The minimum Gasteiger partial charge on any atom is -0.459 e. The second-order valence-corrected chi connectivity index (χ2v) is 4.20. The number of rotatable bonds is 3. The molecule has 6 heteroatoms. The van der Waals surface area contributed by atoms with Crippen LogP contribution in [0.15, 0.2) is 0 Å². The van der Waals surface area contributed by atoms with Gasteiger partial charge in [0, 0.05) is 5.54 Å². The van der Waals surface area contributed by atoms with Crippen molar-refractivity contribution in [3.63, 3.8) is 0 Å². The van der Waals surface area contributed by atoms with Gasteiger partial charge in [-0.25, -0.2) is 4.79 Å². The van der Waals surface area contributed by atoms with Gasteiger partial charge in [-0.05, 0) is 27.7 Å². The van der Waals surface area contributed by atoms with E-state index in [0.29, 0.717) is 0 Å². The van der Waals surface area contributed by atoms with Gasteiger partial charge in [0.1, 0.15) is 0 Å². The fraction of sp³-hybridized carbons (Fsp3) is 0.700. The van der Waals surface area contributed by atoms with Gasteiger partial charge in [0.2, 0.25) is 5.91 Å². The van der Waals surface area contributed by atoms with Gasteiger partial charge < -0.3 is 15.4 Å². The molecule has 6 nitrogen and oxygen atoms in total. The van der Waals surface area contributed by atoms with Crippen molar-refractivity contribution in [1.29, 1.82) is 0 Å². The molecule has 0 unspecified atom stereocenters. The van der Waals surface area contributed by atoms with Gasteiger partial charge in [-0.2, -0.15) is 0 Å². The van der Waals surface area contributed by atoms with Crippen molar-refractivity contribution in [3.05, 3.63) is 0 Å². The first kappa shape index (κ1) is 14.4. The van der Waals surface area contributed by atoms with Crippen molar-refractivity contribution in [1.82, 2.24) is 10.6 Å². The summed E-state index contributed by atoms with van der Waals surface area (Å²) in [5, 5.41) is 4.80. The Balaban J connectivity index is 3.93. The molecule has 0 heterocycles. The van der Waals surface area contributed by atoms with Crippen molar-refractivity contribution in [2.75, 3.05) is 13.2 Å². The Labute approximate surface area is 94.7 Å². The van der Waals surface area contributed by atoms with E-state index in [1.54, 1.807) is 6.92 Å². The van der Waals surface area contributed by atoms with Crippen LogP contribution in [-0.2, 0) is 19.1 Å². The molecule has 0 aliphatic carbocycles. The van der Waals surface area contributed by atoms with Crippen LogP contribution in [0.1, 0.15) is 27.7 Å². The molecule has 0 saturated heterocycles. The van der Waals surface area contributed by atoms with E-state index >= 15 is 0 Å². The molecule has 0 aliphatic heterocycles. The summed E-state index contributed by atoms with van der Waals surface area (Å²) in [4.78, 5) is 33.2. The third-order valence-corrected chi connectivity index (χ3v) is 1.38. The first-order valence-corrected chi connectivity index (χ1v) is 5.02. The Morgan fingerprint density at radius 1 is 1.19 bits per heavy atom. The smallest absolute Gasteiger partial charge is 0.396 e. The van der Waals surface area contributed by atoms with Crippen LogP contribution in [0.3, 0.4) is 0 Å². The summed E-state index contributed by atoms with van der Waals surface area (Å²) in [6, 6.07) is 0. The molecule has 0 aliphatic rings. The van der Waals surface area contributed by atoms with Crippen LogP contribution in [0.4, 0.5) is 0 Å². The Kier molecular flexibility index (Phi) is 5.49. The number of amides is 2. The monoisotopic (exact) mass is 230 g/mol. The number of hydrogen-bond acceptors (Lipinski definition) is 4. The number of ether oxygens (including phenoxy) is 1. The van der Waals surface area contributed by atoms with E-state index in [-0.39, 0.29) is 24.6 Å². The standard InChI is InChI=1S/C10H18N2O4/c1-5-16-9(15)8(14)11-6-7(13)12-10(2,3)4/h5-6H2,1-4H3,(H,11,14)(H,12,13). The van der Waals surface area contributed by atoms with Crippen LogP contribution in [0, 0.1) is 0 Å². The van der Waals surface area contributed by atoms with E-state index in [0.717, 1.165) is 0 Å². The lowest BCUT2D eigenvalue weighted by atomic mass is 10.1. The van der Waals surface area contributed by atoms with Crippen LogP contribution in [0.25, 0.3) is 0 Å². The lowest BCUT2D eigenvalue weighted by molar-refractivity contribution is -0.154. The summed E-state index contributed by atoms with van der Waals surface area (Å²) in [5.41, 5.74) is -0.369. The first-order chi connectivity index (χ1) is 7.26.